The molecule has 1 aliphatic heterocycles. The highest BCUT2D eigenvalue weighted by Crippen LogP contribution is 2.12. The number of likely N-dealkylation sites (N-methyl/N-ethyl adjacent to an activating group) is 1. The van der Waals surface area contributed by atoms with Crippen LogP contribution in [0.5, 0.6) is 0 Å². The van der Waals surface area contributed by atoms with Crippen molar-refractivity contribution >= 4 is 5.91 Å². The lowest BCUT2D eigenvalue weighted by atomic mass is 10.1. The van der Waals surface area contributed by atoms with Gasteiger partial charge in [0.05, 0.1) is 0 Å². The van der Waals surface area contributed by atoms with Crippen LogP contribution in [0.15, 0.2) is 24.5 Å². The van der Waals surface area contributed by atoms with Crippen molar-refractivity contribution in [2.45, 2.75) is 12.6 Å². The van der Waals surface area contributed by atoms with E-state index in [4.69, 9.17) is 5.73 Å². The highest BCUT2D eigenvalue weighted by molar-refractivity contribution is 5.82. The summed E-state index contributed by atoms with van der Waals surface area (Å²) in [5.74, 6) is 0.123. The molecule has 5 nitrogen and oxygen atoms in total. The lowest BCUT2D eigenvalue weighted by molar-refractivity contribution is -0.141. The Balaban J connectivity index is 2.05. The number of rotatable bonds is 3. The summed E-state index contributed by atoms with van der Waals surface area (Å²) in [5.41, 5.74) is 6.75. The average Bonchev–Trinajstić information content (AvgIpc) is 2.35. The first-order valence-corrected chi connectivity index (χ1v) is 5.80. The molecule has 1 saturated heterocycles. The predicted molar refractivity (Wildman–Crippen MR) is 65.1 cm³/mol. The number of piperazine rings is 1. The molecule has 1 amide bonds. The van der Waals surface area contributed by atoms with E-state index in [9.17, 15) is 4.79 Å². The van der Waals surface area contributed by atoms with E-state index in [2.05, 4.69) is 4.98 Å². The highest BCUT2D eigenvalue weighted by Gasteiger charge is 2.31. The first kappa shape index (κ1) is 12.0. The fourth-order valence-corrected chi connectivity index (χ4v) is 2.09. The Labute approximate surface area is 101 Å². The van der Waals surface area contributed by atoms with Crippen LogP contribution < -0.4 is 5.73 Å². The van der Waals surface area contributed by atoms with Crippen LogP contribution in [-0.2, 0) is 11.3 Å². The zero-order valence-corrected chi connectivity index (χ0v) is 10.0. The van der Waals surface area contributed by atoms with Crippen molar-refractivity contribution in [3.8, 4) is 0 Å². The maximum atomic E-state index is 12.2. The molecule has 2 rings (SSSR count). The van der Waals surface area contributed by atoms with Gasteiger partial charge in [-0.2, -0.15) is 0 Å². The van der Waals surface area contributed by atoms with Crippen molar-refractivity contribution in [2.75, 3.05) is 26.7 Å². The van der Waals surface area contributed by atoms with E-state index in [0.717, 1.165) is 18.7 Å². The number of amides is 1. The van der Waals surface area contributed by atoms with Crippen molar-refractivity contribution in [3.63, 3.8) is 0 Å². The number of hydrogen-bond donors (Lipinski definition) is 1. The number of pyridine rings is 1. The zero-order chi connectivity index (χ0) is 12.3. The van der Waals surface area contributed by atoms with Gasteiger partial charge in [0.25, 0.3) is 0 Å². The second-order valence-electron chi connectivity index (χ2n) is 4.35. The van der Waals surface area contributed by atoms with E-state index >= 15 is 0 Å². The highest BCUT2D eigenvalue weighted by atomic mass is 16.2. The van der Waals surface area contributed by atoms with Gasteiger partial charge in [-0.1, -0.05) is 0 Å². The summed E-state index contributed by atoms with van der Waals surface area (Å²) in [6.45, 7) is 2.65. The molecule has 0 saturated carbocycles. The number of nitrogens with two attached hydrogens (primary N) is 1. The van der Waals surface area contributed by atoms with Gasteiger partial charge in [0.15, 0.2) is 0 Å². The van der Waals surface area contributed by atoms with E-state index in [0.29, 0.717) is 13.1 Å². The molecule has 0 aromatic carbocycles. The first-order chi connectivity index (χ1) is 8.22. The van der Waals surface area contributed by atoms with Crippen LogP contribution in [0.4, 0.5) is 0 Å². The third-order valence-corrected chi connectivity index (χ3v) is 3.20. The largest absolute Gasteiger partial charge is 0.336 e. The Morgan fingerprint density at radius 1 is 1.41 bits per heavy atom. The van der Waals surface area contributed by atoms with Crippen LogP contribution in [0, 0.1) is 0 Å². The SMILES string of the molecule is CN1CCN(Cc2ccncc2)C(=O)C1CN. The van der Waals surface area contributed by atoms with Crippen LogP contribution in [0.1, 0.15) is 5.56 Å². The molecule has 5 heteroatoms. The topological polar surface area (TPSA) is 62.5 Å². The van der Waals surface area contributed by atoms with Crippen LogP contribution in [0.25, 0.3) is 0 Å². The fraction of sp³-hybridized carbons (Fsp3) is 0.500. The van der Waals surface area contributed by atoms with E-state index in [1.807, 2.05) is 29.0 Å². The summed E-state index contributed by atoms with van der Waals surface area (Å²) in [6, 6.07) is 3.69. The number of nitrogens with zero attached hydrogens (tertiary/aromatic N) is 3. The Kier molecular flexibility index (Phi) is 3.71. The van der Waals surface area contributed by atoms with E-state index in [1.165, 1.54) is 0 Å². The van der Waals surface area contributed by atoms with Gasteiger partial charge in [0.1, 0.15) is 6.04 Å². The maximum absolute atomic E-state index is 12.2. The number of hydrogen-bond acceptors (Lipinski definition) is 4. The molecule has 1 aromatic rings. The molecule has 1 aliphatic rings. The van der Waals surface area contributed by atoms with Crippen molar-refractivity contribution in [3.05, 3.63) is 30.1 Å². The van der Waals surface area contributed by atoms with Gasteiger partial charge in [-0.3, -0.25) is 14.7 Å². The van der Waals surface area contributed by atoms with Crippen molar-refractivity contribution in [1.29, 1.82) is 0 Å². The third kappa shape index (κ3) is 2.62. The van der Waals surface area contributed by atoms with Gasteiger partial charge in [0, 0.05) is 38.6 Å². The van der Waals surface area contributed by atoms with Gasteiger partial charge in [-0.05, 0) is 24.7 Å². The molecule has 1 unspecified atom stereocenters. The normalized spacial score (nSPS) is 21.9. The molecular weight excluding hydrogens is 216 g/mol. The zero-order valence-electron chi connectivity index (χ0n) is 10.0. The maximum Gasteiger partial charge on any atom is 0.241 e. The summed E-state index contributed by atoms with van der Waals surface area (Å²) in [6.07, 6.45) is 3.49. The molecule has 0 radical (unpaired) electrons. The molecule has 0 aliphatic carbocycles. The minimum atomic E-state index is -0.175. The summed E-state index contributed by atoms with van der Waals surface area (Å²) in [5, 5.41) is 0. The molecule has 2 N–H and O–H groups in total. The van der Waals surface area contributed by atoms with E-state index in [1.54, 1.807) is 12.4 Å². The van der Waals surface area contributed by atoms with Crippen molar-refractivity contribution in [2.24, 2.45) is 5.73 Å². The fourth-order valence-electron chi connectivity index (χ4n) is 2.09. The van der Waals surface area contributed by atoms with Crippen molar-refractivity contribution in [1.82, 2.24) is 14.8 Å². The lowest BCUT2D eigenvalue weighted by Crippen LogP contribution is -2.57. The lowest BCUT2D eigenvalue weighted by Gasteiger charge is -2.38. The quantitative estimate of drug-likeness (QED) is 0.779. The summed E-state index contributed by atoms with van der Waals surface area (Å²) in [4.78, 5) is 20.0. The van der Waals surface area contributed by atoms with Crippen LogP contribution in [0.2, 0.25) is 0 Å². The molecule has 1 fully saturated rings. The number of carbonyl (C=O) groups is 1. The standard InChI is InChI=1S/C12H18N4O/c1-15-6-7-16(12(17)11(15)8-13)9-10-2-4-14-5-3-10/h2-5,11H,6-9,13H2,1H3. The first-order valence-electron chi connectivity index (χ1n) is 5.80. The molecule has 1 atom stereocenters. The van der Waals surface area contributed by atoms with Gasteiger partial charge >= 0.3 is 0 Å². The van der Waals surface area contributed by atoms with Crippen LogP contribution in [0.3, 0.4) is 0 Å². The number of carbonyl (C=O) groups excluding carboxylic acids is 1. The minimum absolute atomic E-state index is 0.123. The molecule has 17 heavy (non-hydrogen) atoms. The molecule has 92 valence electrons. The van der Waals surface area contributed by atoms with E-state index in [-0.39, 0.29) is 11.9 Å². The van der Waals surface area contributed by atoms with Gasteiger partial charge in [-0.25, -0.2) is 0 Å². The molecule has 1 aromatic heterocycles. The third-order valence-electron chi connectivity index (χ3n) is 3.20. The Morgan fingerprint density at radius 2 is 2.12 bits per heavy atom. The molecule has 0 bridgehead atoms. The minimum Gasteiger partial charge on any atom is -0.336 e. The van der Waals surface area contributed by atoms with Gasteiger partial charge in [-0.15, -0.1) is 0 Å². The van der Waals surface area contributed by atoms with Gasteiger partial charge in [0.2, 0.25) is 5.91 Å². The predicted octanol–water partition coefficient (Wildman–Crippen LogP) is -0.317. The number of aromatic nitrogens is 1. The Hall–Kier alpha value is -1.46. The van der Waals surface area contributed by atoms with Crippen LogP contribution >= 0.6 is 0 Å². The van der Waals surface area contributed by atoms with Gasteiger partial charge < -0.3 is 10.6 Å². The molecule has 0 spiro atoms. The Morgan fingerprint density at radius 3 is 2.76 bits per heavy atom. The smallest absolute Gasteiger partial charge is 0.241 e. The molecule has 2 heterocycles. The van der Waals surface area contributed by atoms with Crippen molar-refractivity contribution < 1.29 is 4.79 Å². The summed E-state index contributed by atoms with van der Waals surface area (Å²) < 4.78 is 0. The van der Waals surface area contributed by atoms with E-state index < -0.39 is 0 Å². The summed E-state index contributed by atoms with van der Waals surface area (Å²) >= 11 is 0. The second kappa shape index (κ2) is 5.25. The Bertz CT molecular complexity index is 381. The van der Waals surface area contributed by atoms with Crippen LogP contribution in [-0.4, -0.2) is 53.4 Å². The summed E-state index contributed by atoms with van der Waals surface area (Å²) in [7, 11) is 1.94. The second-order valence-corrected chi connectivity index (χ2v) is 4.35. The molecular formula is C12H18N4O. The average molecular weight is 234 g/mol. The monoisotopic (exact) mass is 234 g/mol.